The molecule has 2 rings (SSSR count). The maximum absolute atomic E-state index is 11.1. The highest BCUT2D eigenvalue weighted by atomic mass is 32.2. The number of aliphatic carboxylic acids is 1. The van der Waals surface area contributed by atoms with E-state index < -0.39 is 5.97 Å². The molecule has 21 heavy (non-hydrogen) atoms. The SMILES string of the molecule is COc1cccc(SCC(CC(=O)O)c2ccccc2)c1. The molecule has 110 valence electrons. The number of thioether (sulfide) groups is 1. The summed E-state index contributed by atoms with van der Waals surface area (Å²) in [6.45, 7) is 0. The minimum atomic E-state index is -0.768. The highest BCUT2D eigenvalue weighted by Gasteiger charge is 2.16. The molecule has 3 nitrogen and oxygen atoms in total. The quantitative estimate of drug-likeness (QED) is 0.784. The van der Waals surface area contributed by atoms with E-state index in [0.29, 0.717) is 0 Å². The number of carbonyl (C=O) groups is 1. The Bertz CT molecular complexity index is 584. The molecule has 0 fully saturated rings. The van der Waals surface area contributed by atoms with Crippen molar-refractivity contribution < 1.29 is 14.6 Å². The van der Waals surface area contributed by atoms with Crippen molar-refractivity contribution in [2.45, 2.75) is 17.2 Å². The predicted molar refractivity (Wildman–Crippen MR) is 85.2 cm³/mol. The largest absolute Gasteiger partial charge is 0.497 e. The number of hydrogen-bond donors (Lipinski definition) is 1. The number of hydrogen-bond acceptors (Lipinski definition) is 3. The second kappa shape index (κ2) is 7.74. The van der Waals surface area contributed by atoms with Crippen molar-refractivity contribution in [3.63, 3.8) is 0 Å². The van der Waals surface area contributed by atoms with Crippen molar-refractivity contribution in [1.82, 2.24) is 0 Å². The van der Waals surface area contributed by atoms with Gasteiger partial charge in [0.2, 0.25) is 0 Å². The van der Waals surface area contributed by atoms with Gasteiger partial charge in [-0.1, -0.05) is 36.4 Å². The van der Waals surface area contributed by atoms with Crippen molar-refractivity contribution in [3.8, 4) is 5.75 Å². The van der Waals surface area contributed by atoms with Crippen molar-refractivity contribution in [2.75, 3.05) is 12.9 Å². The van der Waals surface area contributed by atoms with Gasteiger partial charge in [-0.05, 0) is 23.8 Å². The molecular formula is C17H18O3S. The lowest BCUT2D eigenvalue weighted by Gasteiger charge is -2.15. The van der Waals surface area contributed by atoms with E-state index in [9.17, 15) is 4.79 Å². The summed E-state index contributed by atoms with van der Waals surface area (Å²) in [4.78, 5) is 12.1. The van der Waals surface area contributed by atoms with Crippen LogP contribution in [0.4, 0.5) is 0 Å². The second-order valence-corrected chi connectivity index (χ2v) is 5.79. The Kier molecular flexibility index (Phi) is 5.69. The van der Waals surface area contributed by atoms with Crippen LogP contribution in [0, 0.1) is 0 Å². The molecule has 0 spiro atoms. The van der Waals surface area contributed by atoms with Gasteiger partial charge < -0.3 is 9.84 Å². The summed E-state index contributed by atoms with van der Waals surface area (Å²) >= 11 is 1.65. The second-order valence-electron chi connectivity index (χ2n) is 4.70. The molecule has 0 aliphatic carbocycles. The minimum Gasteiger partial charge on any atom is -0.497 e. The van der Waals surface area contributed by atoms with Crippen molar-refractivity contribution in [2.24, 2.45) is 0 Å². The van der Waals surface area contributed by atoms with E-state index >= 15 is 0 Å². The molecule has 0 heterocycles. The molecule has 2 aromatic rings. The van der Waals surface area contributed by atoms with Gasteiger partial charge >= 0.3 is 5.97 Å². The number of benzene rings is 2. The Labute approximate surface area is 129 Å². The zero-order chi connectivity index (χ0) is 15.1. The van der Waals surface area contributed by atoms with E-state index in [1.165, 1.54) is 0 Å². The smallest absolute Gasteiger partial charge is 0.303 e. The van der Waals surface area contributed by atoms with Crippen LogP contribution < -0.4 is 4.74 Å². The predicted octanol–water partition coefficient (Wildman–Crippen LogP) is 4.05. The van der Waals surface area contributed by atoms with Crippen LogP contribution in [0.1, 0.15) is 17.9 Å². The van der Waals surface area contributed by atoms with E-state index in [-0.39, 0.29) is 12.3 Å². The lowest BCUT2D eigenvalue weighted by Crippen LogP contribution is -2.08. The van der Waals surface area contributed by atoms with Crippen molar-refractivity contribution in [1.29, 1.82) is 0 Å². The maximum Gasteiger partial charge on any atom is 0.303 e. The molecule has 1 atom stereocenters. The molecule has 0 radical (unpaired) electrons. The third-order valence-corrected chi connectivity index (χ3v) is 4.34. The number of carboxylic acids is 1. The molecule has 0 saturated carbocycles. The van der Waals surface area contributed by atoms with Crippen LogP contribution in [0.5, 0.6) is 5.75 Å². The van der Waals surface area contributed by atoms with E-state index in [0.717, 1.165) is 22.0 Å². The topological polar surface area (TPSA) is 46.5 Å². The summed E-state index contributed by atoms with van der Waals surface area (Å²) < 4.78 is 5.20. The number of ether oxygens (including phenoxy) is 1. The van der Waals surface area contributed by atoms with Crippen LogP contribution >= 0.6 is 11.8 Å². The van der Waals surface area contributed by atoms with Gasteiger partial charge in [0.15, 0.2) is 0 Å². The van der Waals surface area contributed by atoms with Crippen molar-refractivity contribution >= 4 is 17.7 Å². The Morgan fingerprint density at radius 1 is 1.19 bits per heavy atom. The van der Waals surface area contributed by atoms with Gasteiger partial charge in [-0.2, -0.15) is 0 Å². The lowest BCUT2D eigenvalue weighted by atomic mass is 9.98. The van der Waals surface area contributed by atoms with Crippen molar-refractivity contribution in [3.05, 3.63) is 60.2 Å². The van der Waals surface area contributed by atoms with Crippen LogP contribution in [0.15, 0.2) is 59.5 Å². The lowest BCUT2D eigenvalue weighted by molar-refractivity contribution is -0.137. The highest BCUT2D eigenvalue weighted by Crippen LogP contribution is 2.30. The summed E-state index contributed by atoms with van der Waals surface area (Å²) in [7, 11) is 1.64. The molecular weight excluding hydrogens is 284 g/mol. The Morgan fingerprint density at radius 2 is 1.95 bits per heavy atom. The first-order chi connectivity index (χ1) is 10.2. The normalized spacial score (nSPS) is 11.9. The third-order valence-electron chi connectivity index (χ3n) is 3.18. The van der Waals surface area contributed by atoms with E-state index in [1.54, 1.807) is 18.9 Å². The highest BCUT2D eigenvalue weighted by molar-refractivity contribution is 7.99. The van der Waals surface area contributed by atoms with Gasteiger partial charge in [-0.25, -0.2) is 0 Å². The fourth-order valence-electron chi connectivity index (χ4n) is 2.10. The zero-order valence-corrected chi connectivity index (χ0v) is 12.7. The first-order valence-corrected chi connectivity index (χ1v) is 7.71. The van der Waals surface area contributed by atoms with E-state index in [1.807, 2.05) is 54.6 Å². The fourth-order valence-corrected chi connectivity index (χ4v) is 3.17. The molecule has 0 saturated heterocycles. The molecule has 0 aliphatic heterocycles. The molecule has 0 aliphatic rings. The van der Waals surface area contributed by atoms with Gasteiger partial charge in [0.25, 0.3) is 0 Å². The number of carboxylic acid groups (broad SMARTS) is 1. The first kappa shape index (κ1) is 15.4. The van der Waals surface area contributed by atoms with Gasteiger partial charge in [0.05, 0.1) is 13.5 Å². The number of rotatable bonds is 7. The molecule has 0 bridgehead atoms. The van der Waals surface area contributed by atoms with Crippen LogP contribution in [-0.4, -0.2) is 23.9 Å². The summed E-state index contributed by atoms with van der Waals surface area (Å²) in [5.74, 6) is 0.772. The fraction of sp³-hybridized carbons (Fsp3) is 0.235. The third kappa shape index (κ3) is 4.83. The molecule has 1 N–H and O–H groups in total. The van der Waals surface area contributed by atoms with Crippen LogP contribution in [0.25, 0.3) is 0 Å². The zero-order valence-electron chi connectivity index (χ0n) is 11.9. The minimum absolute atomic E-state index is 0.0000916. The summed E-state index contributed by atoms with van der Waals surface area (Å²) in [5, 5.41) is 9.10. The number of methoxy groups -OCH3 is 1. The maximum atomic E-state index is 11.1. The molecule has 0 amide bonds. The molecule has 1 unspecified atom stereocenters. The standard InChI is InChI=1S/C17H18O3S/c1-20-15-8-5-9-16(11-15)21-12-14(10-17(18)19)13-6-3-2-4-7-13/h2-9,11,14H,10,12H2,1H3,(H,18,19). The Balaban J connectivity index is 2.06. The van der Waals surface area contributed by atoms with E-state index in [4.69, 9.17) is 9.84 Å². The summed E-state index contributed by atoms with van der Waals surface area (Å²) in [6.07, 6.45) is 0.140. The molecule has 4 heteroatoms. The van der Waals surface area contributed by atoms with Crippen LogP contribution in [-0.2, 0) is 4.79 Å². The summed E-state index contributed by atoms with van der Waals surface area (Å²) in [6, 6.07) is 17.6. The average molecular weight is 302 g/mol. The van der Waals surface area contributed by atoms with Crippen LogP contribution in [0.2, 0.25) is 0 Å². The van der Waals surface area contributed by atoms with Crippen LogP contribution in [0.3, 0.4) is 0 Å². The molecule has 2 aromatic carbocycles. The Hall–Kier alpha value is -1.94. The summed E-state index contributed by atoms with van der Waals surface area (Å²) in [5.41, 5.74) is 1.07. The van der Waals surface area contributed by atoms with Gasteiger partial charge in [-0.15, -0.1) is 11.8 Å². The monoisotopic (exact) mass is 302 g/mol. The molecule has 0 aromatic heterocycles. The van der Waals surface area contributed by atoms with Gasteiger partial charge in [0, 0.05) is 16.6 Å². The van der Waals surface area contributed by atoms with Gasteiger partial charge in [0.1, 0.15) is 5.75 Å². The van der Waals surface area contributed by atoms with Gasteiger partial charge in [-0.3, -0.25) is 4.79 Å². The Morgan fingerprint density at radius 3 is 2.62 bits per heavy atom. The first-order valence-electron chi connectivity index (χ1n) is 6.72. The van der Waals surface area contributed by atoms with E-state index in [2.05, 4.69) is 0 Å². The average Bonchev–Trinajstić information content (AvgIpc) is 2.52.